The fourth-order valence-electron chi connectivity index (χ4n) is 3.01. The smallest absolute Gasteiger partial charge is 0.236 e. The van der Waals surface area contributed by atoms with Crippen molar-refractivity contribution in [2.24, 2.45) is 11.8 Å². The van der Waals surface area contributed by atoms with Gasteiger partial charge >= 0.3 is 0 Å². The van der Waals surface area contributed by atoms with Crippen molar-refractivity contribution in [1.82, 2.24) is 10.2 Å². The maximum Gasteiger partial charge on any atom is 0.236 e. The first-order valence-electron chi connectivity index (χ1n) is 8.67. The lowest BCUT2D eigenvalue weighted by Gasteiger charge is -2.31. The molecule has 25 heavy (non-hydrogen) atoms. The maximum absolute atomic E-state index is 12.4. The third kappa shape index (κ3) is 5.97. The second-order valence-electron chi connectivity index (χ2n) is 6.70. The number of hydrogen-bond acceptors (Lipinski definition) is 3. The van der Waals surface area contributed by atoms with Gasteiger partial charge in [-0.15, -0.1) is 12.4 Å². The van der Waals surface area contributed by atoms with Crippen LogP contribution in [0.5, 0.6) is 0 Å². The standard InChI is InChI=1S/C18H24BrN3O2.ClH/c19-15-3-1-2-4-16(15)21-18(24)14-7-9-22(10-8-14)17(23)12-20-11-13-5-6-13;/h1-4,13-14,20H,5-12H2,(H,21,24);1H. The van der Waals surface area contributed by atoms with Gasteiger partial charge in [-0.2, -0.15) is 0 Å². The minimum absolute atomic E-state index is 0. The molecule has 1 aromatic rings. The molecular weight excluding hydrogens is 406 g/mol. The van der Waals surface area contributed by atoms with E-state index in [1.54, 1.807) is 0 Å². The van der Waals surface area contributed by atoms with Crippen LogP contribution >= 0.6 is 28.3 Å². The van der Waals surface area contributed by atoms with Crippen molar-refractivity contribution in [3.8, 4) is 0 Å². The molecule has 0 aromatic heterocycles. The SMILES string of the molecule is Cl.O=C(Nc1ccccc1Br)C1CCN(C(=O)CNCC2CC2)CC1. The molecule has 0 spiro atoms. The Morgan fingerprint density at radius 1 is 1.12 bits per heavy atom. The molecule has 2 amide bonds. The van der Waals surface area contributed by atoms with E-state index in [-0.39, 0.29) is 30.1 Å². The van der Waals surface area contributed by atoms with Crippen LogP contribution < -0.4 is 10.6 Å². The summed E-state index contributed by atoms with van der Waals surface area (Å²) in [4.78, 5) is 26.4. The molecule has 0 radical (unpaired) electrons. The van der Waals surface area contributed by atoms with Crippen LogP contribution in [-0.4, -0.2) is 42.9 Å². The van der Waals surface area contributed by atoms with E-state index in [9.17, 15) is 9.59 Å². The second kappa shape index (κ2) is 9.55. The summed E-state index contributed by atoms with van der Waals surface area (Å²) in [6, 6.07) is 7.61. The van der Waals surface area contributed by atoms with Gasteiger partial charge in [0.1, 0.15) is 0 Å². The second-order valence-corrected chi connectivity index (χ2v) is 7.55. The van der Waals surface area contributed by atoms with Crippen molar-refractivity contribution >= 4 is 45.8 Å². The topological polar surface area (TPSA) is 61.4 Å². The third-order valence-corrected chi connectivity index (χ3v) is 5.45. The molecule has 7 heteroatoms. The van der Waals surface area contributed by atoms with E-state index in [2.05, 4.69) is 26.6 Å². The summed E-state index contributed by atoms with van der Waals surface area (Å²) >= 11 is 3.44. The van der Waals surface area contributed by atoms with E-state index >= 15 is 0 Å². The first kappa shape index (κ1) is 20.2. The van der Waals surface area contributed by atoms with E-state index in [4.69, 9.17) is 0 Å². The first-order valence-corrected chi connectivity index (χ1v) is 9.46. The zero-order chi connectivity index (χ0) is 16.9. The molecule has 1 saturated heterocycles. The van der Waals surface area contributed by atoms with Gasteiger partial charge in [0, 0.05) is 23.5 Å². The normalized spacial score (nSPS) is 17.7. The lowest BCUT2D eigenvalue weighted by atomic mass is 9.95. The Morgan fingerprint density at radius 2 is 1.80 bits per heavy atom. The van der Waals surface area contributed by atoms with Gasteiger partial charge < -0.3 is 15.5 Å². The molecule has 2 fully saturated rings. The highest BCUT2D eigenvalue weighted by molar-refractivity contribution is 9.10. The van der Waals surface area contributed by atoms with Gasteiger partial charge in [-0.25, -0.2) is 0 Å². The molecule has 2 aliphatic rings. The maximum atomic E-state index is 12.4. The fourth-order valence-corrected chi connectivity index (χ4v) is 3.39. The van der Waals surface area contributed by atoms with Gasteiger partial charge in [0.15, 0.2) is 0 Å². The molecule has 1 aliphatic carbocycles. The zero-order valence-electron chi connectivity index (χ0n) is 14.2. The number of nitrogens with zero attached hydrogens (tertiary/aromatic N) is 1. The summed E-state index contributed by atoms with van der Waals surface area (Å²) in [5.41, 5.74) is 0.797. The van der Waals surface area contributed by atoms with Crippen LogP contribution in [0.2, 0.25) is 0 Å². The number of halogens is 2. The van der Waals surface area contributed by atoms with Gasteiger partial charge in [-0.1, -0.05) is 12.1 Å². The van der Waals surface area contributed by atoms with E-state index in [0.29, 0.717) is 19.6 Å². The molecule has 0 atom stereocenters. The van der Waals surface area contributed by atoms with Crippen LogP contribution in [0.3, 0.4) is 0 Å². The number of carbonyl (C=O) groups excluding carboxylic acids is 2. The number of carbonyl (C=O) groups is 2. The molecule has 138 valence electrons. The molecule has 5 nitrogen and oxygen atoms in total. The van der Waals surface area contributed by atoms with Crippen molar-refractivity contribution in [3.63, 3.8) is 0 Å². The predicted molar refractivity (Wildman–Crippen MR) is 105 cm³/mol. The lowest BCUT2D eigenvalue weighted by molar-refractivity contribution is -0.133. The number of likely N-dealkylation sites (tertiary alicyclic amines) is 1. The number of amides is 2. The van der Waals surface area contributed by atoms with Crippen LogP contribution in [-0.2, 0) is 9.59 Å². The van der Waals surface area contributed by atoms with Crippen molar-refractivity contribution in [2.75, 3.05) is 31.5 Å². The van der Waals surface area contributed by atoms with Gasteiger partial charge in [0.25, 0.3) is 0 Å². The van der Waals surface area contributed by atoms with Gasteiger partial charge in [-0.3, -0.25) is 9.59 Å². The highest BCUT2D eigenvalue weighted by Crippen LogP contribution is 2.27. The molecule has 3 rings (SSSR count). The summed E-state index contributed by atoms with van der Waals surface area (Å²) in [7, 11) is 0. The highest BCUT2D eigenvalue weighted by atomic mass is 79.9. The van der Waals surface area contributed by atoms with Crippen molar-refractivity contribution in [2.45, 2.75) is 25.7 Å². The quantitative estimate of drug-likeness (QED) is 0.729. The summed E-state index contributed by atoms with van der Waals surface area (Å²) in [6.07, 6.45) is 4.04. The van der Waals surface area contributed by atoms with E-state index in [0.717, 1.165) is 35.5 Å². The summed E-state index contributed by atoms with van der Waals surface area (Å²) in [5.74, 6) is 0.950. The molecule has 2 N–H and O–H groups in total. The lowest BCUT2D eigenvalue weighted by Crippen LogP contribution is -2.45. The monoisotopic (exact) mass is 429 g/mol. The Labute approximate surface area is 163 Å². The first-order chi connectivity index (χ1) is 11.6. The van der Waals surface area contributed by atoms with Crippen LogP contribution in [0, 0.1) is 11.8 Å². The highest BCUT2D eigenvalue weighted by Gasteiger charge is 2.28. The minimum Gasteiger partial charge on any atom is -0.342 e. The number of piperidine rings is 1. The fraction of sp³-hybridized carbons (Fsp3) is 0.556. The van der Waals surface area contributed by atoms with E-state index in [1.807, 2.05) is 29.2 Å². The van der Waals surface area contributed by atoms with Crippen molar-refractivity contribution in [1.29, 1.82) is 0 Å². The Hall–Kier alpha value is -1.11. The Balaban J connectivity index is 0.00000225. The van der Waals surface area contributed by atoms with Crippen LogP contribution in [0.15, 0.2) is 28.7 Å². The molecule has 0 unspecified atom stereocenters. The largest absolute Gasteiger partial charge is 0.342 e. The van der Waals surface area contributed by atoms with Crippen molar-refractivity contribution in [3.05, 3.63) is 28.7 Å². The number of rotatable bonds is 6. The molecule has 1 saturated carbocycles. The molecule has 1 heterocycles. The average molecular weight is 431 g/mol. The Bertz CT molecular complexity index is 602. The molecule has 0 bridgehead atoms. The number of benzene rings is 1. The van der Waals surface area contributed by atoms with Gasteiger partial charge in [0.2, 0.25) is 11.8 Å². The van der Waals surface area contributed by atoms with Crippen LogP contribution in [0.4, 0.5) is 5.69 Å². The third-order valence-electron chi connectivity index (χ3n) is 4.76. The van der Waals surface area contributed by atoms with Crippen molar-refractivity contribution < 1.29 is 9.59 Å². The minimum atomic E-state index is -0.0272. The van der Waals surface area contributed by atoms with Gasteiger partial charge in [-0.05, 0) is 66.2 Å². The van der Waals surface area contributed by atoms with Crippen LogP contribution in [0.1, 0.15) is 25.7 Å². The Kier molecular flexibility index (Phi) is 7.72. The number of nitrogens with one attached hydrogen (secondary N) is 2. The Morgan fingerprint density at radius 3 is 2.44 bits per heavy atom. The van der Waals surface area contributed by atoms with Crippen LogP contribution in [0.25, 0.3) is 0 Å². The van der Waals surface area contributed by atoms with E-state index < -0.39 is 0 Å². The average Bonchev–Trinajstić information content (AvgIpc) is 3.41. The molecule has 1 aliphatic heterocycles. The summed E-state index contributed by atoms with van der Waals surface area (Å²) in [6.45, 7) is 2.71. The predicted octanol–water partition coefficient (Wildman–Crippen LogP) is 3.05. The number of anilines is 1. The summed E-state index contributed by atoms with van der Waals surface area (Å²) in [5, 5.41) is 6.22. The van der Waals surface area contributed by atoms with E-state index in [1.165, 1.54) is 12.8 Å². The summed E-state index contributed by atoms with van der Waals surface area (Å²) < 4.78 is 0.882. The molecular formula is C18H25BrClN3O2. The van der Waals surface area contributed by atoms with Gasteiger partial charge in [0.05, 0.1) is 12.2 Å². The molecule has 1 aromatic carbocycles. The zero-order valence-corrected chi connectivity index (χ0v) is 16.6. The number of hydrogen-bond donors (Lipinski definition) is 2. The number of para-hydroxylation sites is 1.